The molecule has 1 heterocycles. The Labute approximate surface area is 120 Å². The number of hydrogen-bond acceptors (Lipinski definition) is 0. The van der Waals surface area contributed by atoms with Crippen LogP contribution in [-0.2, 0) is 0 Å². The highest BCUT2D eigenvalue weighted by Crippen LogP contribution is 2.13. The van der Waals surface area contributed by atoms with E-state index in [4.69, 9.17) is 0 Å². The van der Waals surface area contributed by atoms with Crippen molar-refractivity contribution >= 4 is 0 Å². The van der Waals surface area contributed by atoms with Crippen LogP contribution in [0.2, 0.25) is 0 Å². The Kier molecular flexibility index (Phi) is 12.8. The minimum Gasteiger partial charge on any atom is -1.00 e. The van der Waals surface area contributed by atoms with Crippen LogP contribution in [-0.4, -0.2) is 19.6 Å². The van der Waals surface area contributed by atoms with Gasteiger partial charge in [0.1, 0.15) is 0 Å². The maximum atomic E-state index is 2.36. The average molecular weight is 273 g/mol. The van der Waals surface area contributed by atoms with Gasteiger partial charge in [0.05, 0.1) is 19.6 Å². The van der Waals surface area contributed by atoms with Gasteiger partial charge in [0, 0.05) is 0 Å². The maximum absolute atomic E-state index is 2.36. The molecule has 0 aromatic heterocycles. The Bertz CT molecular complexity index is 176. The highest BCUT2D eigenvalue weighted by molar-refractivity contribution is 4.59. The van der Waals surface area contributed by atoms with E-state index in [-0.39, 0.29) is 4.70 Å². The number of unbranched alkanes of at least 4 members (excludes halogenated alkanes) is 7. The summed E-state index contributed by atoms with van der Waals surface area (Å²) in [6.07, 6.45) is 16.0. The minimum atomic E-state index is 0. The molecule has 116 valence electrons. The number of rotatable bonds is 10. The van der Waals surface area contributed by atoms with Gasteiger partial charge in [-0.3, -0.25) is 0 Å². The SMILES string of the molecule is CCCCCCCCCC[NH+]1CCC(CC)CC1.[F-]. The normalized spacial score (nSPS) is 23.1. The van der Waals surface area contributed by atoms with E-state index in [0.717, 1.165) is 5.92 Å². The van der Waals surface area contributed by atoms with Crippen LogP contribution >= 0.6 is 0 Å². The van der Waals surface area contributed by atoms with Gasteiger partial charge in [-0.1, -0.05) is 58.8 Å². The van der Waals surface area contributed by atoms with Crippen molar-refractivity contribution in [1.29, 1.82) is 0 Å². The lowest BCUT2D eigenvalue weighted by molar-refractivity contribution is -0.906. The first kappa shape index (κ1) is 18.9. The third kappa shape index (κ3) is 9.43. The molecule has 1 N–H and O–H groups in total. The summed E-state index contributed by atoms with van der Waals surface area (Å²) in [6, 6.07) is 0. The molecule has 1 rings (SSSR count). The van der Waals surface area contributed by atoms with E-state index in [1.165, 1.54) is 90.3 Å². The quantitative estimate of drug-likeness (QED) is 0.563. The highest BCUT2D eigenvalue weighted by atomic mass is 19.0. The van der Waals surface area contributed by atoms with Crippen LogP contribution in [0.1, 0.15) is 84.5 Å². The fourth-order valence-corrected chi connectivity index (χ4v) is 3.25. The number of hydrogen-bond donors (Lipinski definition) is 1. The van der Waals surface area contributed by atoms with Gasteiger partial charge in [0.25, 0.3) is 0 Å². The molecular weight excluding hydrogens is 237 g/mol. The molecule has 0 aliphatic carbocycles. The minimum absolute atomic E-state index is 0. The van der Waals surface area contributed by atoms with E-state index in [1.807, 2.05) is 4.90 Å². The third-order valence-corrected chi connectivity index (χ3v) is 4.77. The fraction of sp³-hybridized carbons (Fsp3) is 1.00. The van der Waals surface area contributed by atoms with Gasteiger partial charge in [0.2, 0.25) is 0 Å². The van der Waals surface area contributed by atoms with Crippen molar-refractivity contribution in [3.05, 3.63) is 0 Å². The van der Waals surface area contributed by atoms with Crippen molar-refractivity contribution in [3.8, 4) is 0 Å². The van der Waals surface area contributed by atoms with Gasteiger partial charge in [-0.15, -0.1) is 0 Å². The summed E-state index contributed by atoms with van der Waals surface area (Å²) in [5, 5.41) is 0. The highest BCUT2D eigenvalue weighted by Gasteiger charge is 2.19. The molecule has 0 unspecified atom stereocenters. The van der Waals surface area contributed by atoms with Gasteiger partial charge >= 0.3 is 0 Å². The Morgan fingerprint density at radius 1 is 0.789 bits per heavy atom. The molecular formula is C17H36FN. The lowest BCUT2D eigenvalue weighted by Crippen LogP contribution is -3.13. The molecule has 0 aromatic rings. The second-order valence-corrected chi connectivity index (χ2v) is 6.33. The molecule has 1 aliphatic rings. The zero-order valence-corrected chi connectivity index (χ0v) is 13.4. The van der Waals surface area contributed by atoms with E-state index in [1.54, 1.807) is 0 Å². The largest absolute Gasteiger partial charge is 1.00 e. The van der Waals surface area contributed by atoms with Crippen molar-refractivity contribution < 1.29 is 9.60 Å². The average Bonchev–Trinajstić information content (AvgIpc) is 2.42. The summed E-state index contributed by atoms with van der Waals surface area (Å²) >= 11 is 0. The van der Waals surface area contributed by atoms with Gasteiger partial charge in [-0.05, 0) is 31.6 Å². The molecule has 0 bridgehead atoms. The monoisotopic (exact) mass is 273 g/mol. The van der Waals surface area contributed by atoms with Crippen LogP contribution < -0.4 is 9.60 Å². The summed E-state index contributed by atoms with van der Waals surface area (Å²) in [5.41, 5.74) is 0. The molecule has 2 heteroatoms. The van der Waals surface area contributed by atoms with Crippen LogP contribution in [0.15, 0.2) is 0 Å². The molecule has 1 saturated heterocycles. The van der Waals surface area contributed by atoms with E-state index in [9.17, 15) is 0 Å². The van der Waals surface area contributed by atoms with Crippen molar-refractivity contribution in [1.82, 2.24) is 0 Å². The smallest absolute Gasteiger partial charge is 0.0773 e. The molecule has 0 aromatic carbocycles. The van der Waals surface area contributed by atoms with Crippen molar-refractivity contribution in [2.45, 2.75) is 84.5 Å². The molecule has 1 aliphatic heterocycles. The van der Waals surface area contributed by atoms with Crippen LogP contribution in [0.4, 0.5) is 0 Å². The van der Waals surface area contributed by atoms with Gasteiger partial charge < -0.3 is 9.60 Å². The van der Waals surface area contributed by atoms with Crippen molar-refractivity contribution in [3.63, 3.8) is 0 Å². The first-order valence-electron chi connectivity index (χ1n) is 8.70. The summed E-state index contributed by atoms with van der Waals surface area (Å²) in [6.45, 7) is 9.01. The second kappa shape index (κ2) is 12.9. The summed E-state index contributed by atoms with van der Waals surface area (Å²) in [5.74, 6) is 1.05. The first-order chi connectivity index (χ1) is 8.86. The van der Waals surface area contributed by atoms with E-state index >= 15 is 0 Å². The van der Waals surface area contributed by atoms with E-state index < -0.39 is 0 Å². The zero-order valence-electron chi connectivity index (χ0n) is 13.4. The molecule has 0 radical (unpaired) electrons. The van der Waals surface area contributed by atoms with E-state index in [2.05, 4.69) is 13.8 Å². The molecule has 1 nitrogen and oxygen atoms in total. The Morgan fingerprint density at radius 2 is 1.32 bits per heavy atom. The Morgan fingerprint density at radius 3 is 1.84 bits per heavy atom. The van der Waals surface area contributed by atoms with Crippen LogP contribution in [0.5, 0.6) is 0 Å². The predicted octanol–water partition coefficient (Wildman–Crippen LogP) is 0.836. The Hall–Kier alpha value is -0.110. The van der Waals surface area contributed by atoms with Gasteiger partial charge in [-0.25, -0.2) is 0 Å². The summed E-state index contributed by atoms with van der Waals surface area (Å²) in [4.78, 5) is 1.89. The van der Waals surface area contributed by atoms with Gasteiger partial charge in [-0.2, -0.15) is 0 Å². The number of piperidine rings is 1. The Balaban J connectivity index is 0.00000324. The predicted molar refractivity (Wildman–Crippen MR) is 81.2 cm³/mol. The summed E-state index contributed by atoms with van der Waals surface area (Å²) < 4.78 is 0. The van der Waals surface area contributed by atoms with Crippen LogP contribution in [0.25, 0.3) is 0 Å². The second-order valence-electron chi connectivity index (χ2n) is 6.33. The molecule has 0 atom stereocenters. The van der Waals surface area contributed by atoms with Gasteiger partial charge in [0.15, 0.2) is 0 Å². The van der Waals surface area contributed by atoms with Crippen LogP contribution in [0, 0.1) is 5.92 Å². The molecule has 1 fully saturated rings. The molecule has 0 spiro atoms. The number of nitrogens with one attached hydrogen (secondary N) is 1. The lowest BCUT2D eigenvalue weighted by Gasteiger charge is -2.28. The first-order valence-corrected chi connectivity index (χ1v) is 8.70. The number of likely N-dealkylation sites (tertiary alicyclic amines) is 1. The molecule has 19 heavy (non-hydrogen) atoms. The number of quaternary nitrogens is 1. The molecule has 0 amide bonds. The lowest BCUT2D eigenvalue weighted by atomic mass is 9.94. The summed E-state index contributed by atoms with van der Waals surface area (Å²) in [7, 11) is 0. The fourth-order valence-electron chi connectivity index (χ4n) is 3.25. The number of halogens is 1. The van der Waals surface area contributed by atoms with Crippen molar-refractivity contribution in [2.75, 3.05) is 19.6 Å². The molecule has 0 saturated carbocycles. The third-order valence-electron chi connectivity index (χ3n) is 4.77. The maximum Gasteiger partial charge on any atom is 0.0773 e. The van der Waals surface area contributed by atoms with Crippen molar-refractivity contribution in [2.24, 2.45) is 5.92 Å². The standard InChI is InChI=1S/C17H35N.FH/c1-3-5-6-7-8-9-10-11-14-18-15-12-17(4-2)13-16-18;/h17H,3-16H2,1-2H3;1H. The zero-order chi connectivity index (χ0) is 13.1. The topological polar surface area (TPSA) is 4.44 Å². The van der Waals surface area contributed by atoms with E-state index in [0.29, 0.717) is 0 Å². The van der Waals surface area contributed by atoms with Crippen LogP contribution in [0.3, 0.4) is 0 Å².